The highest BCUT2D eigenvalue weighted by molar-refractivity contribution is 7.15. The van der Waals surface area contributed by atoms with Crippen molar-refractivity contribution in [2.24, 2.45) is 5.92 Å². The molecule has 396 valence electrons. The summed E-state index contributed by atoms with van der Waals surface area (Å²) in [6.07, 6.45) is -0.261. The number of carbonyl (C=O) groups excluding carboxylic acids is 6. The maximum absolute atomic E-state index is 13.9. The summed E-state index contributed by atoms with van der Waals surface area (Å²) in [5.74, 6) is -4.00. The second kappa shape index (κ2) is 24.0. The van der Waals surface area contributed by atoms with Crippen LogP contribution in [-0.2, 0) is 9.59 Å². The minimum Gasteiger partial charge on any atom is -0.392 e. The van der Waals surface area contributed by atoms with Gasteiger partial charge in [0.15, 0.2) is 0 Å². The molecule has 0 saturated heterocycles. The summed E-state index contributed by atoms with van der Waals surface area (Å²) in [5, 5.41) is 59.6. The second-order valence-corrected chi connectivity index (χ2v) is 22.6. The highest BCUT2D eigenvalue weighted by Gasteiger charge is 2.32. The molecule has 1 aliphatic heterocycles. The average molecular weight is 1140 g/mol. The lowest BCUT2D eigenvalue weighted by molar-refractivity contribution is -0.124. The van der Waals surface area contributed by atoms with Gasteiger partial charge in [-0.15, -0.1) is 68.0 Å². The van der Waals surface area contributed by atoms with Crippen molar-refractivity contribution in [2.45, 2.75) is 84.9 Å². The number of aliphatic hydroxyl groups is 3. The largest absolute Gasteiger partial charge is 0.392 e. The van der Waals surface area contributed by atoms with Crippen LogP contribution >= 0.6 is 68.0 Å². The van der Waals surface area contributed by atoms with Crippen molar-refractivity contribution in [1.29, 1.82) is 0 Å². The third-order valence-electron chi connectivity index (χ3n) is 11.2. The number of aliphatic hydroxyl groups excluding tert-OH is 3. The van der Waals surface area contributed by atoms with Crippen LogP contribution in [0.2, 0.25) is 0 Å². The summed E-state index contributed by atoms with van der Waals surface area (Å²) < 4.78 is 0. The molecule has 6 atom stereocenters. The minimum atomic E-state index is -1.45. The Balaban J connectivity index is 1.15. The van der Waals surface area contributed by atoms with E-state index in [1.165, 1.54) is 77.0 Å². The van der Waals surface area contributed by atoms with Crippen LogP contribution < -0.4 is 31.9 Å². The number of allylic oxidation sites excluding steroid dienone is 2. The Kier molecular flexibility index (Phi) is 17.5. The van der Waals surface area contributed by atoms with E-state index in [-0.39, 0.29) is 51.6 Å². The van der Waals surface area contributed by atoms with Crippen LogP contribution in [0.4, 0.5) is 0 Å². The predicted octanol–water partition coefficient (Wildman–Crippen LogP) is 5.57. The Labute approximate surface area is 458 Å². The van der Waals surface area contributed by atoms with E-state index in [0.717, 1.165) is 34.0 Å². The number of nitrogens with one attached hydrogen (secondary N) is 6. The third kappa shape index (κ3) is 12.5. The number of thiazole rings is 6. The van der Waals surface area contributed by atoms with Crippen LogP contribution in [0.25, 0.3) is 49.1 Å². The van der Waals surface area contributed by atoms with Crippen LogP contribution in [0.5, 0.6) is 0 Å². The Morgan fingerprint density at radius 3 is 1.78 bits per heavy atom. The van der Waals surface area contributed by atoms with Crippen molar-refractivity contribution in [2.75, 3.05) is 6.54 Å². The summed E-state index contributed by atoms with van der Waals surface area (Å²) in [7, 11) is 0. The Hall–Kier alpha value is -6.89. The number of aromatic nitrogens is 7. The molecular weight excluding hydrogens is 1100 g/mol. The number of rotatable bonds is 10. The molecule has 0 fully saturated rings. The number of amides is 6. The normalized spacial score (nSPS) is 18.5. The van der Waals surface area contributed by atoms with Gasteiger partial charge in [0.2, 0.25) is 5.91 Å². The van der Waals surface area contributed by atoms with Gasteiger partial charge in [0.05, 0.1) is 35.7 Å². The molecule has 0 aliphatic carbocycles. The number of fused-ring (bicyclic) bond motifs is 11. The zero-order chi connectivity index (χ0) is 54.5. The zero-order valence-electron chi connectivity index (χ0n) is 41.4. The molecule has 0 spiro atoms. The summed E-state index contributed by atoms with van der Waals surface area (Å²) >= 11 is 6.97. The molecule has 7 aromatic rings. The second-order valence-electron chi connectivity index (χ2n) is 17.4. The van der Waals surface area contributed by atoms with Crippen LogP contribution in [0, 0.1) is 5.92 Å². The number of carbonyl (C=O) groups is 6. The van der Waals surface area contributed by atoms with E-state index in [4.69, 9.17) is 15.0 Å². The van der Waals surface area contributed by atoms with E-state index >= 15 is 0 Å². The van der Waals surface area contributed by atoms with Crippen molar-refractivity contribution < 1.29 is 44.1 Å². The van der Waals surface area contributed by atoms with Gasteiger partial charge in [-0.1, -0.05) is 26.0 Å². The molecule has 1 aliphatic rings. The first-order valence-corrected chi connectivity index (χ1v) is 28.6. The van der Waals surface area contributed by atoms with Crippen molar-refractivity contribution in [3.63, 3.8) is 0 Å². The monoisotopic (exact) mass is 1140 g/mol. The molecule has 9 N–H and O–H groups in total. The van der Waals surface area contributed by atoms with Crippen LogP contribution in [0.15, 0.2) is 62.3 Å². The van der Waals surface area contributed by atoms with Crippen LogP contribution in [-0.4, -0.2) is 117 Å². The average Bonchev–Trinajstić information content (AvgIpc) is 4.26. The lowest BCUT2D eigenvalue weighted by atomic mass is 10.1. The zero-order valence-corrected chi connectivity index (χ0v) is 46.3. The topological polar surface area (TPSA) is 326 Å². The van der Waals surface area contributed by atoms with Crippen molar-refractivity contribution in [3.8, 4) is 43.4 Å². The fraction of sp³-hybridized carbons (Fsp3) is 0.312. The van der Waals surface area contributed by atoms with Crippen molar-refractivity contribution in [1.82, 2.24) is 66.8 Å². The van der Waals surface area contributed by atoms with Gasteiger partial charge < -0.3 is 47.2 Å². The lowest BCUT2D eigenvalue weighted by Crippen LogP contribution is -2.52. The molecule has 0 unspecified atom stereocenters. The Morgan fingerprint density at radius 2 is 1.13 bits per heavy atom. The first-order chi connectivity index (χ1) is 36.3. The molecular formula is C48H49N13O9S6. The van der Waals surface area contributed by atoms with Crippen molar-refractivity contribution >= 4 is 109 Å². The van der Waals surface area contributed by atoms with Crippen LogP contribution in [0.1, 0.15) is 118 Å². The fourth-order valence-electron chi connectivity index (χ4n) is 7.20. The third-order valence-corrected chi connectivity index (χ3v) is 16.6. The molecule has 76 heavy (non-hydrogen) atoms. The SMILES string of the molecule is C/C=C(\NC(=O)c1csc(-c2csc(-c3ccc4c(n3)-c3csc(n3)[C@H]([C@@H](C)O)NC(=O)c3csc(n3)[C@H](C(C)C)NC(=O)c3csc(n3)/C(=C\C)NC(=O)[C@H]([C@@H](C)O)NC(=O)c3csc-4n3)n2)n1)C(=O)NC[C@@H](C)O. The molecule has 8 heterocycles. The molecule has 0 aromatic carbocycles. The standard InChI is InChI=1S/C48H49N13O9S6/c1-8-24(37(65)49-12-20(5)62)51-38(66)28-15-73-46(56-28)32-18-74-45(58-32)26-11-10-23-36(50-26)27-13-75-48(53-27)35(22(7)64)61-41(69)31-17-76-47(57-31)33(19(3)4)59-39(67)30-16-72-44(55-30)25(9-2)52-42(70)34(21(6)63)60-40(68)29-14-71-43(23)54-29/h8-11,13-22,33-35,62-64H,12H2,1-7H3,(H,49,65)(H,51,66)(H,52,70)(H,59,67)(H,60,68)(H,61,69)/b24-8-,25-9+/t20-,21-,22-,33+,34+,35+/m1/s1. The highest BCUT2D eigenvalue weighted by atomic mass is 32.1. The van der Waals surface area contributed by atoms with Crippen molar-refractivity contribution in [3.05, 3.63) is 100 Å². The number of pyridine rings is 1. The van der Waals surface area contributed by atoms with E-state index < -0.39 is 71.9 Å². The molecule has 8 rings (SSSR count). The van der Waals surface area contributed by atoms with E-state index in [0.29, 0.717) is 53.4 Å². The highest BCUT2D eigenvalue weighted by Crippen LogP contribution is 2.38. The number of hydrogen-bond donors (Lipinski definition) is 9. The van der Waals surface area contributed by atoms with E-state index in [1.807, 2.05) is 13.8 Å². The minimum absolute atomic E-state index is 0.00119. The number of hydrogen-bond acceptors (Lipinski definition) is 22. The van der Waals surface area contributed by atoms with Gasteiger partial charge in [-0.2, -0.15) is 0 Å². The van der Waals surface area contributed by atoms with Gasteiger partial charge >= 0.3 is 0 Å². The first-order valence-electron chi connectivity index (χ1n) is 23.3. The summed E-state index contributed by atoms with van der Waals surface area (Å²) in [6.45, 7) is 11.4. The van der Waals surface area contributed by atoms with Gasteiger partial charge in [-0.3, -0.25) is 28.8 Å². The quantitative estimate of drug-likeness (QED) is 0.0756. The predicted molar refractivity (Wildman–Crippen MR) is 290 cm³/mol. The van der Waals surface area contributed by atoms with Crippen LogP contribution in [0.3, 0.4) is 0 Å². The molecule has 8 bridgehead atoms. The van der Waals surface area contributed by atoms with Gasteiger partial charge in [-0.25, -0.2) is 34.9 Å². The number of nitrogens with zero attached hydrogens (tertiary/aromatic N) is 7. The molecule has 6 amide bonds. The van der Waals surface area contributed by atoms with E-state index in [1.54, 1.807) is 48.2 Å². The van der Waals surface area contributed by atoms with E-state index in [9.17, 15) is 44.1 Å². The van der Waals surface area contributed by atoms with Gasteiger partial charge in [0.25, 0.3) is 29.5 Å². The van der Waals surface area contributed by atoms with Gasteiger partial charge in [-0.05, 0) is 52.7 Å². The molecule has 0 radical (unpaired) electrons. The van der Waals surface area contributed by atoms with Gasteiger partial charge in [0, 0.05) is 44.4 Å². The molecule has 28 heteroatoms. The summed E-state index contributed by atoms with van der Waals surface area (Å²) in [5.41, 5.74) is 2.26. The molecule has 22 nitrogen and oxygen atoms in total. The molecule has 7 aromatic heterocycles. The molecule has 0 saturated carbocycles. The maximum atomic E-state index is 13.9. The Morgan fingerprint density at radius 1 is 0.605 bits per heavy atom. The lowest BCUT2D eigenvalue weighted by Gasteiger charge is -2.21. The fourth-order valence-corrected chi connectivity index (χ4v) is 12.4. The Bertz CT molecular complexity index is 3380. The maximum Gasteiger partial charge on any atom is 0.275 e. The summed E-state index contributed by atoms with van der Waals surface area (Å²) in [4.78, 5) is 114. The smallest absolute Gasteiger partial charge is 0.275 e. The summed E-state index contributed by atoms with van der Waals surface area (Å²) in [6, 6.07) is 0.366. The first kappa shape index (κ1) is 55.3. The van der Waals surface area contributed by atoms with Gasteiger partial charge in [0.1, 0.15) is 87.7 Å². The van der Waals surface area contributed by atoms with E-state index in [2.05, 4.69) is 51.8 Å².